The second kappa shape index (κ2) is 18.2. The van der Waals surface area contributed by atoms with Gasteiger partial charge in [-0.15, -0.1) is 0 Å². The van der Waals surface area contributed by atoms with Crippen molar-refractivity contribution in [3.63, 3.8) is 0 Å². The molecule has 3 nitrogen and oxygen atoms in total. The number of aliphatic hydroxyl groups excluding tert-OH is 1. The van der Waals surface area contributed by atoms with E-state index in [0.29, 0.717) is 18.3 Å². The van der Waals surface area contributed by atoms with Gasteiger partial charge in [-0.1, -0.05) is 106 Å². The van der Waals surface area contributed by atoms with E-state index < -0.39 is 6.29 Å². The average molecular weight is 539 g/mol. The third-order valence-electron chi connectivity index (χ3n) is 7.84. The molecule has 0 aliphatic heterocycles. The number of hydrogen-bond donors (Lipinski definition) is 1. The van der Waals surface area contributed by atoms with Crippen LogP contribution in [0.15, 0.2) is 48.6 Å². The van der Waals surface area contributed by atoms with E-state index in [1.54, 1.807) is 7.11 Å². The molecule has 1 aliphatic carbocycles. The molecule has 3 atom stereocenters. The molecule has 0 fully saturated rings. The SMILES string of the molecule is C=C/C(=C\C=C1/C(=C)[C@@H](CC(C)C)CCc2cc(OC)c(CC)c(OC(O)CC)c21)CC.CCCC(C)CC. The third kappa shape index (κ3) is 10.3. The first-order chi connectivity index (χ1) is 18.6. The number of fused-ring (bicyclic) bond motifs is 1. The van der Waals surface area contributed by atoms with Crippen molar-refractivity contribution in [1.82, 2.24) is 0 Å². The summed E-state index contributed by atoms with van der Waals surface area (Å²) in [6.07, 6.45) is 14.7. The van der Waals surface area contributed by atoms with Crippen LogP contribution in [-0.4, -0.2) is 18.5 Å². The second-order valence-electron chi connectivity index (χ2n) is 11.3. The minimum absolute atomic E-state index is 0.399. The Labute approximate surface area is 241 Å². The fourth-order valence-corrected chi connectivity index (χ4v) is 5.21. The van der Waals surface area contributed by atoms with Crippen molar-refractivity contribution in [3.8, 4) is 11.5 Å². The molecular weight excluding hydrogens is 480 g/mol. The summed E-state index contributed by atoms with van der Waals surface area (Å²) in [7, 11) is 1.70. The van der Waals surface area contributed by atoms with Crippen molar-refractivity contribution in [2.45, 2.75) is 119 Å². The van der Waals surface area contributed by atoms with Crippen LogP contribution < -0.4 is 9.47 Å². The van der Waals surface area contributed by atoms with Crippen LogP contribution in [0, 0.1) is 17.8 Å². The van der Waals surface area contributed by atoms with Gasteiger partial charge in [0.1, 0.15) is 11.5 Å². The fourth-order valence-electron chi connectivity index (χ4n) is 5.21. The van der Waals surface area contributed by atoms with Gasteiger partial charge in [0, 0.05) is 17.5 Å². The molecule has 220 valence electrons. The summed E-state index contributed by atoms with van der Waals surface area (Å²) in [6.45, 7) is 26.0. The van der Waals surface area contributed by atoms with Crippen molar-refractivity contribution in [3.05, 3.63) is 65.3 Å². The molecule has 0 heterocycles. The Hall–Kier alpha value is -2.26. The molecule has 1 aromatic carbocycles. The van der Waals surface area contributed by atoms with Gasteiger partial charge < -0.3 is 14.6 Å². The van der Waals surface area contributed by atoms with Gasteiger partial charge >= 0.3 is 0 Å². The van der Waals surface area contributed by atoms with Gasteiger partial charge in [-0.05, 0) is 78.2 Å². The molecule has 2 unspecified atom stereocenters. The zero-order chi connectivity index (χ0) is 29.5. The van der Waals surface area contributed by atoms with Gasteiger partial charge in [-0.3, -0.25) is 0 Å². The lowest BCUT2D eigenvalue weighted by atomic mass is 9.84. The molecule has 3 heteroatoms. The van der Waals surface area contributed by atoms with Crippen LogP contribution in [0.4, 0.5) is 0 Å². The van der Waals surface area contributed by atoms with Crippen molar-refractivity contribution in [2.24, 2.45) is 17.8 Å². The lowest BCUT2D eigenvalue weighted by molar-refractivity contribution is -0.0201. The topological polar surface area (TPSA) is 38.7 Å². The normalized spacial score (nSPS) is 18.1. The lowest BCUT2D eigenvalue weighted by Gasteiger charge is -2.25. The number of rotatable bonds is 13. The number of aryl methyl sites for hydroxylation is 1. The highest BCUT2D eigenvalue weighted by atomic mass is 16.6. The number of ether oxygens (including phenoxy) is 2. The number of allylic oxidation sites excluding steroid dienone is 6. The molecule has 1 aliphatic rings. The van der Waals surface area contributed by atoms with Crippen LogP contribution >= 0.6 is 0 Å². The predicted octanol–water partition coefficient (Wildman–Crippen LogP) is 10.3. The van der Waals surface area contributed by atoms with Crippen molar-refractivity contribution >= 4 is 5.57 Å². The van der Waals surface area contributed by atoms with Crippen molar-refractivity contribution in [2.75, 3.05) is 7.11 Å². The minimum Gasteiger partial charge on any atom is -0.496 e. The van der Waals surface area contributed by atoms with Crippen LogP contribution in [0.3, 0.4) is 0 Å². The van der Waals surface area contributed by atoms with Crippen LogP contribution in [-0.2, 0) is 12.8 Å². The summed E-state index contributed by atoms with van der Waals surface area (Å²) in [6, 6.07) is 2.16. The molecule has 1 N–H and O–H groups in total. The van der Waals surface area contributed by atoms with E-state index in [9.17, 15) is 5.11 Å². The van der Waals surface area contributed by atoms with Gasteiger partial charge in [0.2, 0.25) is 0 Å². The van der Waals surface area contributed by atoms with E-state index in [4.69, 9.17) is 9.47 Å². The fraction of sp³-hybridized carbons (Fsp3) is 0.611. The Morgan fingerprint density at radius 3 is 2.28 bits per heavy atom. The first-order valence-electron chi connectivity index (χ1n) is 15.4. The zero-order valence-corrected chi connectivity index (χ0v) is 26.7. The predicted molar refractivity (Wildman–Crippen MR) is 171 cm³/mol. The molecule has 0 saturated carbocycles. The largest absolute Gasteiger partial charge is 0.496 e. The minimum atomic E-state index is -0.865. The van der Waals surface area contributed by atoms with Crippen LogP contribution in [0.25, 0.3) is 5.57 Å². The monoisotopic (exact) mass is 538 g/mol. The number of benzene rings is 1. The van der Waals surface area contributed by atoms with Gasteiger partial charge in [0.05, 0.1) is 7.11 Å². The maximum Gasteiger partial charge on any atom is 0.197 e. The summed E-state index contributed by atoms with van der Waals surface area (Å²) in [4.78, 5) is 0. The van der Waals surface area contributed by atoms with Gasteiger partial charge in [-0.2, -0.15) is 0 Å². The maximum absolute atomic E-state index is 10.5. The molecule has 2 rings (SSSR count). The number of methoxy groups -OCH3 is 1. The highest BCUT2D eigenvalue weighted by molar-refractivity contribution is 5.87. The second-order valence-corrected chi connectivity index (χ2v) is 11.3. The Balaban J connectivity index is 0.000000956. The first kappa shape index (κ1) is 34.8. The molecule has 1 aromatic rings. The lowest BCUT2D eigenvalue weighted by Crippen LogP contribution is -2.17. The molecule has 0 saturated heterocycles. The van der Waals surface area contributed by atoms with E-state index in [1.165, 1.54) is 30.4 Å². The average Bonchev–Trinajstić information content (AvgIpc) is 3.05. The van der Waals surface area contributed by atoms with Crippen LogP contribution in [0.1, 0.15) is 117 Å². The van der Waals surface area contributed by atoms with Crippen LogP contribution in [0.5, 0.6) is 11.5 Å². The number of aliphatic hydroxyl groups is 1. The van der Waals surface area contributed by atoms with Crippen molar-refractivity contribution in [1.29, 1.82) is 0 Å². The van der Waals surface area contributed by atoms with E-state index in [0.717, 1.165) is 71.8 Å². The maximum atomic E-state index is 10.5. The van der Waals surface area contributed by atoms with Gasteiger partial charge in [-0.25, -0.2) is 0 Å². The highest BCUT2D eigenvalue weighted by Gasteiger charge is 2.30. The zero-order valence-electron chi connectivity index (χ0n) is 26.7. The van der Waals surface area contributed by atoms with Crippen molar-refractivity contribution < 1.29 is 14.6 Å². The first-order valence-corrected chi connectivity index (χ1v) is 15.4. The molecular formula is C36H58O3. The molecule has 0 spiro atoms. The van der Waals surface area contributed by atoms with E-state index in [2.05, 4.69) is 79.8 Å². The summed E-state index contributed by atoms with van der Waals surface area (Å²) in [5, 5.41) is 10.5. The Bertz CT molecular complexity index is 966. The Morgan fingerprint density at radius 2 is 1.82 bits per heavy atom. The highest BCUT2D eigenvalue weighted by Crippen LogP contribution is 2.47. The number of hydrogen-bond acceptors (Lipinski definition) is 3. The summed E-state index contributed by atoms with van der Waals surface area (Å²) < 4.78 is 11.9. The molecule has 39 heavy (non-hydrogen) atoms. The van der Waals surface area contributed by atoms with Gasteiger partial charge in [0.25, 0.3) is 0 Å². The van der Waals surface area contributed by atoms with E-state index in [1.807, 2.05) is 13.0 Å². The third-order valence-corrected chi connectivity index (χ3v) is 7.84. The molecule has 0 radical (unpaired) electrons. The molecule has 0 aromatic heterocycles. The smallest absolute Gasteiger partial charge is 0.197 e. The molecule has 0 amide bonds. The summed E-state index contributed by atoms with van der Waals surface area (Å²) in [5.74, 6) is 3.50. The summed E-state index contributed by atoms with van der Waals surface area (Å²) in [5.41, 5.74) is 6.67. The Morgan fingerprint density at radius 1 is 1.13 bits per heavy atom. The quantitative estimate of drug-likeness (QED) is 0.154. The van der Waals surface area contributed by atoms with E-state index >= 15 is 0 Å². The van der Waals surface area contributed by atoms with Crippen LogP contribution in [0.2, 0.25) is 0 Å². The Kier molecular flexibility index (Phi) is 16.2. The van der Waals surface area contributed by atoms with E-state index in [-0.39, 0.29) is 0 Å². The summed E-state index contributed by atoms with van der Waals surface area (Å²) >= 11 is 0. The van der Waals surface area contributed by atoms with Gasteiger partial charge in [0.15, 0.2) is 6.29 Å². The standard InChI is InChI=1S/C29H42O3.C7H16/c1-9-21(10-2)13-16-25-20(7)22(17-19(5)6)14-15-23-18-26(31-8)24(11-3)29(28(23)25)32-27(30)12-4;1-4-6-7(3)5-2/h9,13,16,18-19,22,27,30H,1,7,10-12,14-15,17H2,2-6,8H3;7H,4-6H2,1-3H3/b21-13+,25-16+;/t22-,27?;/m1./s1. The molecule has 0 bridgehead atoms.